The fourth-order valence-electron chi connectivity index (χ4n) is 1.74. The lowest BCUT2D eigenvalue weighted by molar-refractivity contribution is 0.340. The first-order valence-corrected chi connectivity index (χ1v) is 7.75. The highest BCUT2D eigenvalue weighted by atomic mass is 79.9. The number of benzene rings is 2. The van der Waals surface area contributed by atoms with Crippen LogP contribution in [0.25, 0.3) is 0 Å². The fourth-order valence-corrected chi connectivity index (χ4v) is 2.52. The molecule has 2 aromatic carbocycles. The van der Waals surface area contributed by atoms with Gasteiger partial charge in [0.15, 0.2) is 0 Å². The molecule has 1 N–H and O–H groups in total. The van der Waals surface area contributed by atoms with Gasteiger partial charge in [0.25, 0.3) is 0 Å². The molecule has 0 bridgehead atoms. The molecule has 0 aliphatic carbocycles. The van der Waals surface area contributed by atoms with Crippen molar-refractivity contribution in [3.63, 3.8) is 0 Å². The maximum atomic E-state index is 6.15. The average molecular weight is 375 g/mol. The van der Waals surface area contributed by atoms with Gasteiger partial charge in [-0.3, -0.25) is 0 Å². The maximum Gasteiger partial charge on any atom is 0.138 e. The Morgan fingerprint density at radius 3 is 2.55 bits per heavy atom. The van der Waals surface area contributed by atoms with Gasteiger partial charge in [-0.15, -0.1) is 0 Å². The van der Waals surface area contributed by atoms with Gasteiger partial charge < -0.3 is 10.1 Å². The summed E-state index contributed by atoms with van der Waals surface area (Å²) in [6.45, 7) is 3.23. The van der Waals surface area contributed by atoms with Crippen molar-refractivity contribution in [2.24, 2.45) is 0 Å². The molecule has 0 unspecified atom stereocenters. The summed E-state index contributed by atoms with van der Waals surface area (Å²) in [5, 5.41) is 4.63. The third-order valence-corrected chi connectivity index (χ3v) is 4.22. The molecule has 106 valence electrons. The van der Waals surface area contributed by atoms with E-state index < -0.39 is 0 Å². The molecule has 2 aromatic rings. The highest BCUT2D eigenvalue weighted by Gasteiger charge is 2.03. The first-order valence-electron chi connectivity index (χ1n) is 6.20. The van der Waals surface area contributed by atoms with E-state index in [0.717, 1.165) is 15.7 Å². The molecule has 0 atom stereocenters. The lowest BCUT2D eigenvalue weighted by Crippen LogP contribution is -2.00. The maximum absolute atomic E-state index is 6.15. The molecule has 0 heterocycles. The van der Waals surface area contributed by atoms with Crippen LogP contribution in [0.1, 0.15) is 12.5 Å². The monoisotopic (exact) mass is 373 g/mol. The van der Waals surface area contributed by atoms with Crippen LogP contribution in [-0.2, 0) is 6.54 Å². The summed E-state index contributed by atoms with van der Waals surface area (Å²) in [7, 11) is 0. The van der Waals surface area contributed by atoms with Gasteiger partial charge in [-0.1, -0.05) is 29.3 Å². The third-order valence-electron chi connectivity index (χ3n) is 2.71. The largest absolute Gasteiger partial charge is 0.492 e. The van der Waals surface area contributed by atoms with E-state index >= 15 is 0 Å². The van der Waals surface area contributed by atoms with Crippen LogP contribution in [0.5, 0.6) is 5.75 Å². The van der Waals surface area contributed by atoms with E-state index in [1.54, 1.807) is 0 Å². The topological polar surface area (TPSA) is 21.3 Å². The van der Waals surface area contributed by atoms with Crippen molar-refractivity contribution in [1.29, 1.82) is 0 Å². The lowest BCUT2D eigenvalue weighted by Gasteiger charge is -2.10. The first-order chi connectivity index (χ1) is 9.60. The van der Waals surface area contributed by atoms with Gasteiger partial charge in [-0.05, 0) is 58.7 Å². The molecule has 0 fully saturated rings. The van der Waals surface area contributed by atoms with Crippen molar-refractivity contribution < 1.29 is 4.74 Å². The molecule has 2 rings (SSSR count). The summed E-state index contributed by atoms with van der Waals surface area (Å²) < 4.78 is 6.29. The Kier molecular flexibility index (Phi) is 5.58. The van der Waals surface area contributed by atoms with Crippen molar-refractivity contribution in [3.05, 3.63) is 56.5 Å². The molecule has 0 radical (unpaired) electrons. The number of ether oxygens (including phenoxy) is 1. The van der Waals surface area contributed by atoms with Crippen LogP contribution in [0.3, 0.4) is 0 Å². The SMILES string of the molecule is CCOc1ccc(NCc2ccc(Cl)c(Br)c2)cc1Cl. The molecule has 0 spiro atoms. The summed E-state index contributed by atoms with van der Waals surface area (Å²) in [6, 6.07) is 11.5. The van der Waals surface area contributed by atoms with Crippen LogP contribution < -0.4 is 10.1 Å². The van der Waals surface area contributed by atoms with Crippen LogP contribution in [0.4, 0.5) is 5.69 Å². The third kappa shape index (κ3) is 4.05. The zero-order chi connectivity index (χ0) is 14.5. The van der Waals surface area contributed by atoms with E-state index in [4.69, 9.17) is 27.9 Å². The van der Waals surface area contributed by atoms with E-state index in [1.165, 1.54) is 0 Å². The minimum Gasteiger partial charge on any atom is -0.492 e. The van der Waals surface area contributed by atoms with Gasteiger partial charge in [0.05, 0.1) is 16.7 Å². The average Bonchev–Trinajstić information content (AvgIpc) is 2.43. The van der Waals surface area contributed by atoms with Crippen molar-refractivity contribution in [1.82, 2.24) is 0 Å². The normalized spacial score (nSPS) is 10.4. The zero-order valence-corrected chi connectivity index (χ0v) is 14.0. The quantitative estimate of drug-likeness (QED) is 0.717. The highest BCUT2D eigenvalue weighted by molar-refractivity contribution is 9.10. The molecule has 0 aliphatic heterocycles. The summed E-state index contributed by atoms with van der Waals surface area (Å²) in [6.07, 6.45) is 0. The van der Waals surface area contributed by atoms with Crippen molar-refractivity contribution in [2.45, 2.75) is 13.5 Å². The minimum atomic E-state index is 0.602. The highest BCUT2D eigenvalue weighted by Crippen LogP contribution is 2.28. The number of hydrogen-bond donors (Lipinski definition) is 1. The second-order valence-electron chi connectivity index (χ2n) is 4.18. The Balaban J connectivity index is 2.03. The second-order valence-corrected chi connectivity index (χ2v) is 5.85. The summed E-state index contributed by atoms with van der Waals surface area (Å²) in [4.78, 5) is 0. The van der Waals surface area contributed by atoms with Crippen molar-refractivity contribution in [2.75, 3.05) is 11.9 Å². The van der Waals surface area contributed by atoms with Gasteiger partial charge in [-0.25, -0.2) is 0 Å². The van der Waals surface area contributed by atoms with Crippen molar-refractivity contribution in [3.8, 4) is 5.75 Å². The smallest absolute Gasteiger partial charge is 0.138 e. The van der Waals surface area contributed by atoms with Gasteiger partial charge in [0, 0.05) is 16.7 Å². The van der Waals surface area contributed by atoms with E-state index in [1.807, 2.05) is 43.3 Å². The van der Waals surface area contributed by atoms with Crippen LogP contribution in [0.15, 0.2) is 40.9 Å². The Morgan fingerprint density at radius 1 is 1.10 bits per heavy atom. The number of hydrogen-bond acceptors (Lipinski definition) is 2. The summed E-state index contributed by atoms with van der Waals surface area (Å²) in [5.74, 6) is 0.703. The van der Waals surface area contributed by atoms with Crippen LogP contribution >= 0.6 is 39.1 Å². The fraction of sp³-hybridized carbons (Fsp3) is 0.200. The summed E-state index contributed by atoms with van der Waals surface area (Å²) in [5.41, 5.74) is 2.08. The van der Waals surface area contributed by atoms with E-state index in [0.29, 0.717) is 28.9 Å². The molecular formula is C15H14BrCl2NO. The Bertz CT molecular complexity index is 604. The Hall–Kier alpha value is -0.900. The zero-order valence-electron chi connectivity index (χ0n) is 10.9. The van der Waals surface area contributed by atoms with E-state index in [9.17, 15) is 0 Å². The number of rotatable bonds is 5. The van der Waals surface area contributed by atoms with Gasteiger partial charge >= 0.3 is 0 Å². The Labute approximate surface area is 137 Å². The predicted molar refractivity (Wildman–Crippen MR) is 89.1 cm³/mol. The van der Waals surface area contributed by atoms with Crippen LogP contribution in [0, 0.1) is 0 Å². The number of nitrogens with one attached hydrogen (secondary N) is 1. The second kappa shape index (κ2) is 7.21. The predicted octanol–water partition coefficient (Wildman–Crippen LogP) is 5.77. The molecule has 2 nitrogen and oxygen atoms in total. The van der Waals surface area contributed by atoms with Gasteiger partial charge in [-0.2, -0.15) is 0 Å². The molecular weight excluding hydrogens is 361 g/mol. The number of anilines is 1. The van der Waals surface area contributed by atoms with Gasteiger partial charge in [0.2, 0.25) is 0 Å². The molecule has 0 aliphatic rings. The van der Waals surface area contributed by atoms with Crippen LogP contribution in [0.2, 0.25) is 10.0 Å². The standard InChI is InChI=1S/C15H14BrCl2NO/c1-2-20-15-6-4-11(8-14(15)18)19-9-10-3-5-13(17)12(16)7-10/h3-8,19H,2,9H2,1H3. The van der Waals surface area contributed by atoms with E-state index in [2.05, 4.69) is 21.2 Å². The first kappa shape index (κ1) is 15.5. The Morgan fingerprint density at radius 2 is 1.90 bits per heavy atom. The molecule has 0 amide bonds. The minimum absolute atomic E-state index is 0.602. The lowest BCUT2D eigenvalue weighted by atomic mass is 10.2. The van der Waals surface area contributed by atoms with Gasteiger partial charge in [0.1, 0.15) is 5.75 Å². The molecule has 0 saturated carbocycles. The number of halogens is 3. The summed E-state index contributed by atoms with van der Waals surface area (Å²) >= 11 is 15.5. The van der Waals surface area contributed by atoms with Crippen molar-refractivity contribution >= 4 is 44.8 Å². The molecule has 5 heteroatoms. The molecule has 0 saturated heterocycles. The van der Waals surface area contributed by atoms with Crippen LogP contribution in [-0.4, -0.2) is 6.61 Å². The molecule has 0 aromatic heterocycles. The molecule has 20 heavy (non-hydrogen) atoms. The van der Waals surface area contributed by atoms with E-state index in [-0.39, 0.29) is 0 Å².